The first-order valence-corrected chi connectivity index (χ1v) is 14.0. The van der Waals surface area contributed by atoms with Gasteiger partial charge in [-0.1, -0.05) is 12.1 Å². The number of aromatic nitrogens is 5. The van der Waals surface area contributed by atoms with E-state index in [1.165, 1.54) is 44.5 Å². The second kappa shape index (κ2) is 10.9. The monoisotopic (exact) mass is 539 g/mol. The smallest absolute Gasteiger partial charge is 0.278 e. The molecule has 2 saturated heterocycles. The van der Waals surface area contributed by atoms with E-state index in [0.717, 1.165) is 24.5 Å². The number of nitrogens with one attached hydrogen (secondary N) is 1. The standard InChI is InChI=1S/C30H37N9O/c1-3-15-38-28(40)25-21-32-29(35-27(25)39(38)26-6-4-5-23(20-31)33-26)34-22-7-9-24(10-8-22)37-18-13-30(14-19-37)11-16-36(2)17-12-30/h3-10,21H,1,11-20,31H2,2H3,(H,32,34,35). The van der Waals surface area contributed by atoms with Crippen molar-refractivity contribution in [2.24, 2.45) is 11.1 Å². The molecule has 3 aromatic heterocycles. The lowest BCUT2D eigenvalue weighted by atomic mass is 9.71. The number of hydrogen-bond acceptors (Lipinski definition) is 8. The Kier molecular flexibility index (Phi) is 7.12. The summed E-state index contributed by atoms with van der Waals surface area (Å²) < 4.78 is 3.27. The van der Waals surface area contributed by atoms with Crippen molar-refractivity contribution in [3.05, 3.63) is 77.4 Å². The molecule has 2 fully saturated rings. The maximum atomic E-state index is 13.2. The summed E-state index contributed by atoms with van der Waals surface area (Å²) in [5, 5.41) is 3.72. The highest BCUT2D eigenvalue weighted by Gasteiger charge is 2.36. The lowest BCUT2D eigenvalue weighted by Crippen LogP contribution is -2.46. The van der Waals surface area contributed by atoms with Crippen LogP contribution in [0.25, 0.3) is 16.9 Å². The number of allylic oxidation sites excluding steroid dienone is 1. The van der Waals surface area contributed by atoms with Crippen LogP contribution in [0.1, 0.15) is 31.4 Å². The number of nitrogens with zero attached hydrogens (tertiary/aromatic N) is 7. The molecule has 4 aromatic rings. The van der Waals surface area contributed by atoms with Crippen molar-refractivity contribution in [2.75, 3.05) is 43.4 Å². The van der Waals surface area contributed by atoms with Crippen LogP contribution in [0, 0.1) is 5.41 Å². The Hall–Kier alpha value is -4.02. The molecular formula is C30H37N9O. The van der Waals surface area contributed by atoms with E-state index >= 15 is 0 Å². The number of benzene rings is 1. The van der Waals surface area contributed by atoms with Gasteiger partial charge in [-0.15, -0.1) is 6.58 Å². The Labute approximate surface area is 234 Å². The minimum absolute atomic E-state index is 0.200. The van der Waals surface area contributed by atoms with E-state index < -0.39 is 0 Å². The summed E-state index contributed by atoms with van der Waals surface area (Å²) in [5.41, 5.74) is 9.47. The van der Waals surface area contributed by atoms with Crippen molar-refractivity contribution in [2.45, 2.75) is 38.8 Å². The SMILES string of the molecule is C=CCn1c(=O)c2cnc(Nc3ccc(N4CCC5(CCN(C)CC5)CC4)cc3)nc2n1-c1cccc(CN)n1. The van der Waals surface area contributed by atoms with Gasteiger partial charge in [-0.05, 0) is 87.6 Å². The highest BCUT2D eigenvalue weighted by Crippen LogP contribution is 2.42. The average molecular weight is 540 g/mol. The van der Waals surface area contributed by atoms with Crippen LogP contribution in [0.3, 0.4) is 0 Å². The molecule has 0 aliphatic carbocycles. The Balaban J connectivity index is 1.22. The van der Waals surface area contributed by atoms with Crippen LogP contribution in [0.5, 0.6) is 0 Å². The van der Waals surface area contributed by atoms with E-state index in [1.807, 2.05) is 18.2 Å². The molecule has 0 radical (unpaired) electrons. The van der Waals surface area contributed by atoms with E-state index in [0.29, 0.717) is 41.3 Å². The Bertz CT molecular complexity index is 1550. The molecule has 3 N–H and O–H groups in total. The van der Waals surface area contributed by atoms with Crippen LogP contribution in [0.2, 0.25) is 0 Å². The number of anilines is 3. The molecule has 10 nitrogen and oxygen atoms in total. The Morgan fingerprint density at radius 2 is 1.75 bits per heavy atom. The fourth-order valence-electron chi connectivity index (χ4n) is 6.02. The third kappa shape index (κ3) is 5.00. The summed E-state index contributed by atoms with van der Waals surface area (Å²) in [6, 6.07) is 14.0. The van der Waals surface area contributed by atoms with E-state index in [9.17, 15) is 4.79 Å². The molecular weight excluding hydrogens is 502 g/mol. The van der Waals surface area contributed by atoms with Gasteiger partial charge in [0.2, 0.25) is 5.95 Å². The molecule has 1 spiro atoms. The molecule has 0 bridgehead atoms. The van der Waals surface area contributed by atoms with Gasteiger partial charge in [-0.2, -0.15) is 4.98 Å². The molecule has 5 heterocycles. The van der Waals surface area contributed by atoms with E-state index in [4.69, 9.17) is 10.7 Å². The summed E-state index contributed by atoms with van der Waals surface area (Å²) in [5.74, 6) is 0.969. The van der Waals surface area contributed by atoms with Gasteiger partial charge < -0.3 is 20.9 Å². The summed E-state index contributed by atoms with van der Waals surface area (Å²) in [7, 11) is 2.23. The van der Waals surface area contributed by atoms with Crippen molar-refractivity contribution >= 4 is 28.4 Å². The molecule has 40 heavy (non-hydrogen) atoms. The summed E-state index contributed by atoms with van der Waals surface area (Å²) >= 11 is 0. The quantitative estimate of drug-likeness (QED) is 0.342. The minimum Gasteiger partial charge on any atom is -0.371 e. The van der Waals surface area contributed by atoms with Gasteiger partial charge in [0, 0.05) is 37.2 Å². The van der Waals surface area contributed by atoms with E-state index in [2.05, 4.69) is 63.0 Å². The number of rotatable bonds is 7. The number of nitrogens with two attached hydrogens (primary N) is 1. The maximum Gasteiger partial charge on any atom is 0.278 e. The van der Waals surface area contributed by atoms with Gasteiger partial charge in [0.25, 0.3) is 5.56 Å². The van der Waals surface area contributed by atoms with Gasteiger partial charge in [-0.3, -0.25) is 4.79 Å². The zero-order valence-electron chi connectivity index (χ0n) is 23.1. The van der Waals surface area contributed by atoms with Crippen molar-refractivity contribution in [3.63, 3.8) is 0 Å². The van der Waals surface area contributed by atoms with Gasteiger partial charge in [0.1, 0.15) is 5.39 Å². The number of hydrogen-bond donors (Lipinski definition) is 2. The molecule has 6 rings (SSSR count). The first-order valence-electron chi connectivity index (χ1n) is 14.0. The maximum absolute atomic E-state index is 13.2. The van der Waals surface area contributed by atoms with Gasteiger partial charge in [-0.25, -0.2) is 19.3 Å². The molecule has 2 aliphatic heterocycles. The first-order chi connectivity index (χ1) is 19.5. The largest absolute Gasteiger partial charge is 0.371 e. The van der Waals surface area contributed by atoms with Gasteiger partial charge in [0.15, 0.2) is 11.5 Å². The molecule has 0 amide bonds. The Morgan fingerprint density at radius 3 is 2.45 bits per heavy atom. The fraction of sp³-hybridized carbons (Fsp3) is 0.400. The van der Waals surface area contributed by atoms with Crippen molar-refractivity contribution in [3.8, 4) is 5.82 Å². The summed E-state index contributed by atoms with van der Waals surface area (Å²) in [6.45, 7) is 9.07. The molecule has 0 unspecified atom stereocenters. The van der Waals surface area contributed by atoms with Crippen LogP contribution in [-0.4, -0.2) is 62.4 Å². The molecule has 0 saturated carbocycles. The van der Waals surface area contributed by atoms with E-state index in [1.54, 1.807) is 21.6 Å². The van der Waals surface area contributed by atoms with Crippen LogP contribution in [0.15, 0.2) is 66.1 Å². The highest BCUT2D eigenvalue weighted by atomic mass is 16.1. The third-order valence-corrected chi connectivity index (χ3v) is 8.56. The van der Waals surface area contributed by atoms with Crippen LogP contribution in [0.4, 0.5) is 17.3 Å². The second-order valence-corrected chi connectivity index (χ2v) is 11.1. The van der Waals surface area contributed by atoms with Crippen LogP contribution >= 0.6 is 0 Å². The topological polar surface area (TPSA) is 110 Å². The number of fused-ring (bicyclic) bond motifs is 1. The van der Waals surface area contributed by atoms with Gasteiger partial charge in [0.05, 0.1) is 12.2 Å². The minimum atomic E-state index is -0.200. The number of piperidine rings is 2. The fourth-order valence-corrected chi connectivity index (χ4v) is 6.02. The highest BCUT2D eigenvalue weighted by molar-refractivity contribution is 5.77. The molecule has 1 aromatic carbocycles. The van der Waals surface area contributed by atoms with Crippen molar-refractivity contribution < 1.29 is 0 Å². The Morgan fingerprint density at radius 1 is 1.02 bits per heavy atom. The lowest BCUT2D eigenvalue weighted by Gasteiger charge is -2.46. The zero-order valence-corrected chi connectivity index (χ0v) is 23.1. The lowest BCUT2D eigenvalue weighted by molar-refractivity contribution is 0.0945. The average Bonchev–Trinajstić information content (AvgIpc) is 3.26. The van der Waals surface area contributed by atoms with Crippen LogP contribution < -0.4 is 21.5 Å². The number of likely N-dealkylation sites (tertiary alicyclic amines) is 1. The van der Waals surface area contributed by atoms with Crippen LogP contribution in [-0.2, 0) is 13.1 Å². The predicted molar refractivity (Wildman–Crippen MR) is 159 cm³/mol. The number of pyridine rings is 1. The normalized spacial score (nSPS) is 17.4. The molecule has 10 heteroatoms. The predicted octanol–water partition coefficient (Wildman–Crippen LogP) is 3.68. The molecule has 2 aliphatic rings. The summed E-state index contributed by atoms with van der Waals surface area (Å²) in [6.07, 6.45) is 8.42. The zero-order chi connectivity index (χ0) is 27.7. The summed E-state index contributed by atoms with van der Waals surface area (Å²) in [4.78, 5) is 31.9. The molecule has 208 valence electrons. The third-order valence-electron chi connectivity index (χ3n) is 8.56. The van der Waals surface area contributed by atoms with E-state index in [-0.39, 0.29) is 5.56 Å². The van der Waals surface area contributed by atoms with Crippen molar-refractivity contribution in [1.29, 1.82) is 0 Å². The van der Waals surface area contributed by atoms with Gasteiger partial charge >= 0.3 is 0 Å². The second-order valence-electron chi connectivity index (χ2n) is 11.1. The molecule has 0 atom stereocenters. The first kappa shape index (κ1) is 26.2. The van der Waals surface area contributed by atoms with Crippen molar-refractivity contribution in [1.82, 2.24) is 29.2 Å².